The predicted molar refractivity (Wildman–Crippen MR) is 104 cm³/mol. The van der Waals surface area contributed by atoms with Crippen LogP contribution >= 0.6 is 11.6 Å². The summed E-state index contributed by atoms with van der Waals surface area (Å²) >= 11 is 5.87. The summed E-state index contributed by atoms with van der Waals surface area (Å²) in [5.41, 5.74) is 2.34. The molecule has 1 heterocycles. The number of nitrogens with zero attached hydrogens (tertiary/aromatic N) is 1. The number of hydrogen-bond acceptors (Lipinski definition) is 5. The minimum absolute atomic E-state index is 0.197. The van der Waals surface area contributed by atoms with Crippen LogP contribution in [0.4, 0.5) is 0 Å². The first-order chi connectivity index (χ1) is 13.0. The van der Waals surface area contributed by atoms with Crippen LogP contribution < -0.4 is 4.74 Å². The Bertz CT molecular complexity index is 845. The van der Waals surface area contributed by atoms with E-state index in [-0.39, 0.29) is 6.42 Å². The molecule has 0 unspecified atom stereocenters. The molecule has 1 aromatic heterocycles. The summed E-state index contributed by atoms with van der Waals surface area (Å²) in [6, 6.07) is 16.6. The first-order valence-electron chi connectivity index (χ1n) is 8.77. The highest BCUT2D eigenvalue weighted by molar-refractivity contribution is 6.30. The van der Waals surface area contributed by atoms with Crippen molar-refractivity contribution < 1.29 is 19.5 Å². The van der Waals surface area contributed by atoms with E-state index < -0.39 is 12.2 Å². The molecule has 0 aliphatic rings. The normalized spacial score (nSPS) is 13.3. The molecule has 0 radical (unpaired) electrons. The molecule has 0 amide bonds. The van der Waals surface area contributed by atoms with E-state index in [0.717, 1.165) is 16.9 Å². The van der Waals surface area contributed by atoms with Crippen molar-refractivity contribution >= 4 is 11.6 Å². The minimum atomic E-state index is -0.888. The Morgan fingerprint density at radius 2 is 1.78 bits per heavy atom. The number of aromatic nitrogens is 1. The van der Waals surface area contributed by atoms with E-state index in [1.807, 2.05) is 48.5 Å². The second kappa shape index (κ2) is 9.04. The molecule has 0 saturated carbocycles. The molecule has 3 rings (SSSR count). The fraction of sp³-hybridized carbons (Fsp3) is 0.286. The lowest BCUT2D eigenvalue weighted by molar-refractivity contribution is 0.0717. The van der Waals surface area contributed by atoms with Crippen molar-refractivity contribution in [1.29, 1.82) is 0 Å². The molecule has 142 valence electrons. The average Bonchev–Trinajstić information content (AvgIpc) is 3.18. The summed E-state index contributed by atoms with van der Waals surface area (Å²) in [5.74, 6) is 1.31. The largest absolute Gasteiger partial charge is 0.497 e. The molecular formula is C21H22ClNO4. The molecular weight excluding hydrogens is 366 g/mol. The van der Waals surface area contributed by atoms with E-state index in [2.05, 4.69) is 5.16 Å². The van der Waals surface area contributed by atoms with Crippen molar-refractivity contribution in [3.63, 3.8) is 0 Å². The SMILES string of the molecule is COc1ccc(-c2cc([C@@H](O)C[C@@H](O)CCc3ccc(Cl)cc3)no2)cc1. The Kier molecular flexibility index (Phi) is 6.50. The molecule has 2 aromatic carbocycles. The Labute approximate surface area is 163 Å². The fourth-order valence-corrected chi connectivity index (χ4v) is 2.94. The van der Waals surface area contributed by atoms with Gasteiger partial charge in [-0.15, -0.1) is 0 Å². The van der Waals surface area contributed by atoms with Crippen molar-refractivity contribution in [2.24, 2.45) is 0 Å². The predicted octanol–water partition coefficient (Wildman–Crippen LogP) is 4.42. The summed E-state index contributed by atoms with van der Waals surface area (Å²) < 4.78 is 10.5. The zero-order valence-corrected chi connectivity index (χ0v) is 15.8. The first-order valence-corrected chi connectivity index (χ1v) is 9.14. The van der Waals surface area contributed by atoms with Crippen LogP contribution in [0.2, 0.25) is 5.02 Å². The van der Waals surface area contributed by atoms with Crippen LogP contribution in [-0.4, -0.2) is 28.6 Å². The van der Waals surface area contributed by atoms with Gasteiger partial charge in [0.15, 0.2) is 5.76 Å². The highest BCUT2D eigenvalue weighted by atomic mass is 35.5. The maximum atomic E-state index is 10.3. The number of hydrogen-bond donors (Lipinski definition) is 2. The van der Waals surface area contributed by atoms with E-state index in [4.69, 9.17) is 20.9 Å². The summed E-state index contributed by atoms with van der Waals surface area (Å²) in [5, 5.41) is 25.2. The molecule has 27 heavy (non-hydrogen) atoms. The van der Waals surface area contributed by atoms with Gasteiger partial charge in [0.05, 0.1) is 13.2 Å². The van der Waals surface area contributed by atoms with Gasteiger partial charge in [-0.05, 0) is 54.8 Å². The first kappa shape index (κ1) is 19.4. The van der Waals surface area contributed by atoms with E-state index in [1.165, 1.54) is 0 Å². The minimum Gasteiger partial charge on any atom is -0.497 e. The van der Waals surface area contributed by atoms with E-state index in [1.54, 1.807) is 13.2 Å². The van der Waals surface area contributed by atoms with Crippen LogP contribution in [0.3, 0.4) is 0 Å². The number of aliphatic hydroxyl groups is 2. The summed E-state index contributed by atoms with van der Waals surface area (Å²) in [7, 11) is 1.61. The number of aliphatic hydroxyl groups excluding tert-OH is 2. The third kappa shape index (κ3) is 5.32. The Balaban J connectivity index is 1.55. The molecule has 0 bridgehead atoms. The molecule has 2 atom stereocenters. The van der Waals surface area contributed by atoms with Gasteiger partial charge in [0, 0.05) is 23.1 Å². The maximum Gasteiger partial charge on any atom is 0.167 e. The maximum absolute atomic E-state index is 10.3. The van der Waals surface area contributed by atoms with Gasteiger partial charge in [0.1, 0.15) is 17.5 Å². The fourth-order valence-electron chi connectivity index (χ4n) is 2.82. The van der Waals surface area contributed by atoms with Gasteiger partial charge in [-0.3, -0.25) is 0 Å². The number of benzene rings is 2. The topological polar surface area (TPSA) is 75.7 Å². The molecule has 2 N–H and O–H groups in total. The lowest BCUT2D eigenvalue weighted by Crippen LogP contribution is -2.13. The Morgan fingerprint density at radius 1 is 1.07 bits per heavy atom. The molecule has 0 aliphatic carbocycles. The van der Waals surface area contributed by atoms with E-state index in [0.29, 0.717) is 29.3 Å². The van der Waals surface area contributed by atoms with Crippen LogP contribution in [0.25, 0.3) is 11.3 Å². The molecule has 0 fully saturated rings. The van der Waals surface area contributed by atoms with Gasteiger partial charge in [-0.25, -0.2) is 0 Å². The standard InChI is InChI=1S/C21H22ClNO4/c1-26-18-10-5-15(6-11-18)21-13-19(23-27-21)20(25)12-17(24)9-4-14-2-7-16(22)8-3-14/h2-3,5-8,10-11,13,17,20,24-25H,4,9,12H2,1H3/t17-,20-/m0/s1. The van der Waals surface area contributed by atoms with E-state index in [9.17, 15) is 10.2 Å². The summed E-state index contributed by atoms with van der Waals surface area (Å²) in [4.78, 5) is 0. The highest BCUT2D eigenvalue weighted by Gasteiger charge is 2.18. The third-order valence-corrected chi connectivity index (χ3v) is 4.67. The molecule has 6 heteroatoms. The number of aryl methyl sites for hydroxylation is 1. The van der Waals surface area contributed by atoms with Gasteiger partial charge in [0.25, 0.3) is 0 Å². The smallest absolute Gasteiger partial charge is 0.167 e. The average molecular weight is 388 g/mol. The molecule has 0 saturated heterocycles. The quantitative estimate of drug-likeness (QED) is 0.598. The van der Waals surface area contributed by atoms with Crippen LogP contribution in [0.15, 0.2) is 59.1 Å². The van der Waals surface area contributed by atoms with Gasteiger partial charge < -0.3 is 19.5 Å². The lowest BCUT2D eigenvalue weighted by atomic mass is 10.0. The second-order valence-corrected chi connectivity index (χ2v) is 6.85. The molecule has 3 aromatic rings. The van der Waals surface area contributed by atoms with Gasteiger partial charge in [-0.1, -0.05) is 28.9 Å². The monoisotopic (exact) mass is 387 g/mol. The number of halogens is 1. The van der Waals surface area contributed by atoms with Gasteiger partial charge in [0.2, 0.25) is 0 Å². The number of ether oxygens (including phenoxy) is 1. The molecule has 0 aliphatic heterocycles. The lowest BCUT2D eigenvalue weighted by Gasteiger charge is -2.13. The number of methoxy groups -OCH3 is 1. The highest BCUT2D eigenvalue weighted by Crippen LogP contribution is 2.27. The second-order valence-electron chi connectivity index (χ2n) is 6.41. The number of rotatable bonds is 8. The van der Waals surface area contributed by atoms with Crippen LogP contribution in [0.1, 0.15) is 30.2 Å². The Hall–Kier alpha value is -2.34. The molecule has 0 spiro atoms. The summed E-state index contributed by atoms with van der Waals surface area (Å²) in [6.07, 6.45) is -0.0804. The zero-order chi connectivity index (χ0) is 19.2. The van der Waals surface area contributed by atoms with Gasteiger partial charge in [-0.2, -0.15) is 0 Å². The van der Waals surface area contributed by atoms with E-state index >= 15 is 0 Å². The third-order valence-electron chi connectivity index (χ3n) is 4.42. The van der Waals surface area contributed by atoms with Gasteiger partial charge >= 0.3 is 0 Å². The van der Waals surface area contributed by atoms with Crippen molar-refractivity contribution in [3.8, 4) is 17.1 Å². The Morgan fingerprint density at radius 3 is 2.44 bits per heavy atom. The summed E-state index contributed by atoms with van der Waals surface area (Å²) in [6.45, 7) is 0. The molecule has 5 nitrogen and oxygen atoms in total. The zero-order valence-electron chi connectivity index (χ0n) is 15.0. The van der Waals surface area contributed by atoms with Crippen LogP contribution in [0, 0.1) is 0 Å². The van der Waals surface area contributed by atoms with Crippen molar-refractivity contribution in [2.45, 2.75) is 31.5 Å². The van der Waals surface area contributed by atoms with Crippen LogP contribution in [-0.2, 0) is 6.42 Å². The van der Waals surface area contributed by atoms with Crippen LogP contribution in [0.5, 0.6) is 5.75 Å². The van der Waals surface area contributed by atoms with Crippen molar-refractivity contribution in [2.75, 3.05) is 7.11 Å². The van der Waals surface area contributed by atoms with Crippen molar-refractivity contribution in [1.82, 2.24) is 5.16 Å². The van der Waals surface area contributed by atoms with Crippen molar-refractivity contribution in [3.05, 3.63) is 70.9 Å².